The summed E-state index contributed by atoms with van der Waals surface area (Å²) in [4.78, 5) is 17.3. The molecule has 4 rings (SSSR count). The van der Waals surface area contributed by atoms with Gasteiger partial charge in [0.15, 0.2) is 0 Å². The summed E-state index contributed by atoms with van der Waals surface area (Å²) in [5, 5.41) is 7.63. The number of aryl methyl sites for hydroxylation is 1. The SMILES string of the molecule is Cc1ccc(SCC(=O)N2N=C(c3ccc(Cl)cc3)CC2c2ccco2)nc1. The summed E-state index contributed by atoms with van der Waals surface area (Å²) in [6.07, 6.45) is 4.00. The molecule has 1 aromatic carbocycles. The van der Waals surface area contributed by atoms with E-state index in [9.17, 15) is 4.79 Å². The van der Waals surface area contributed by atoms with Crippen molar-refractivity contribution in [1.82, 2.24) is 9.99 Å². The van der Waals surface area contributed by atoms with E-state index in [-0.39, 0.29) is 17.7 Å². The van der Waals surface area contributed by atoms with Gasteiger partial charge in [0.2, 0.25) is 0 Å². The first-order valence-electron chi connectivity index (χ1n) is 8.84. The highest BCUT2D eigenvalue weighted by molar-refractivity contribution is 7.99. The number of pyridine rings is 1. The fourth-order valence-electron chi connectivity index (χ4n) is 3.00. The van der Waals surface area contributed by atoms with Gasteiger partial charge in [-0.3, -0.25) is 4.79 Å². The molecule has 0 saturated heterocycles. The summed E-state index contributed by atoms with van der Waals surface area (Å²) < 4.78 is 5.57. The normalized spacial score (nSPS) is 16.3. The van der Waals surface area contributed by atoms with Gasteiger partial charge in [-0.2, -0.15) is 5.10 Å². The van der Waals surface area contributed by atoms with E-state index in [4.69, 9.17) is 16.0 Å². The van der Waals surface area contributed by atoms with Crippen LogP contribution in [0.4, 0.5) is 0 Å². The number of aromatic nitrogens is 1. The zero-order valence-corrected chi connectivity index (χ0v) is 16.8. The summed E-state index contributed by atoms with van der Waals surface area (Å²) in [5.41, 5.74) is 2.87. The van der Waals surface area contributed by atoms with Crippen LogP contribution in [0.1, 0.15) is 29.3 Å². The predicted octanol–water partition coefficient (Wildman–Crippen LogP) is 5.11. The van der Waals surface area contributed by atoms with E-state index in [0.717, 1.165) is 27.6 Å². The van der Waals surface area contributed by atoms with E-state index in [1.165, 1.54) is 16.8 Å². The van der Waals surface area contributed by atoms with Crippen LogP contribution in [-0.4, -0.2) is 27.4 Å². The molecule has 3 heterocycles. The Morgan fingerprint density at radius 1 is 1.25 bits per heavy atom. The Hall–Kier alpha value is -2.57. The number of nitrogens with zero attached hydrogens (tertiary/aromatic N) is 3. The van der Waals surface area contributed by atoms with E-state index in [1.54, 1.807) is 12.5 Å². The number of carbonyl (C=O) groups excluding carboxylic acids is 1. The van der Waals surface area contributed by atoms with Gasteiger partial charge >= 0.3 is 0 Å². The quantitative estimate of drug-likeness (QED) is 0.547. The molecule has 5 nitrogen and oxygen atoms in total. The predicted molar refractivity (Wildman–Crippen MR) is 111 cm³/mol. The molecule has 142 valence electrons. The molecule has 2 aromatic heterocycles. The Morgan fingerprint density at radius 2 is 2.07 bits per heavy atom. The Balaban J connectivity index is 1.54. The molecule has 28 heavy (non-hydrogen) atoms. The highest BCUT2D eigenvalue weighted by Gasteiger charge is 2.34. The number of hydrogen-bond donors (Lipinski definition) is 0. The van der Waals surface area contributed by atoms with Crippen molar-refractivity contribution in [3.05, 3.63) is 82.9 Å². The number of rotatable bonds is 5. The largest absolute Gasteiger partial charge is 0.467 e. The van der Waals surface area contributed by atoms with Gasteiger partial charge in [0.1, 0.15) is 11.8 Å². The number of hydrogen-bond acceptors (Lipinski definition) is 5. The van der Waals surface area contributed by atoms with Crippen molar-refractivity contribution in [3.8, 4) is 0 Å². The van der Waals surface area contributed by atoms with Crippen LogP contribution in [0, 0.1) is 6.92 Å². The van der Waals surface area contributed by atoms with Crippen molar-refractivity contribution in [1.29, 1.82) is 0 Å². The van der Waals surface area contributed by atoms with Crippen molar-refractivity contribution in [2.24, 2.45) is 5.10 Å². The van der Waals surface area contributed by atoms with E-state index in [2.05, 4.69) is 10.1 Å². The molecule has 1 aliphatic rings. The first-order valence-corrected chi connectivity index (χ1v) is 10.2. The van der Waals surface area contributed by atoms with Crippen LogP contribution >= 0.6 is 23.4 Å². The van der Waals surface area contributed by atoms with Gasteiger partial charge in [-0.05, 0) is 48.4 Å². The number of thioether (sulfide) groups is 1. The Kier molecular flexibility index (Phi) is 5.50. The minimum atomic E-state index is -0.250. The third kappa shape index (κ3) is 4.13. The van der Waals surface area contributed by atoms with Gasteiger partial charge in [0, 0.05) is 17.6 Å². The van der Waals surface area contributed by atoms with Crippen LogP contribution in [0.2, 0.25) is 5.02 Å². The summed E-state index contributed by atoms with van der Waals surface area (Å²) in [6.45, 7) is 1.98. The summed E-state index contributed by atoms with van der Waals surface area (Å²) >= 11 is 7.39. The number of furan rings is 1. The third-order valence-corrected chi connectivity index (χ3v) is 5.62. The fourth-order valence-corrected chi connectivity index (χ4v) is 3.82. The van der Waals surface area contributed by atoms with Crippen molar-refractivity contribution in [3.63, 3.8) is 0 Å². The minimum absolute atomic E-state index is 0.0854. The zero-order chi connectivity index (χ0) is 19.5. The molecule has 1 unspecified atom stereocenters. The standard InChI is InChI=1S/C21H18ClN3O2S/c1-14-4-9-20(23-12-14)28-13-21(26)25-18(19-3-2-10-27-19)11-17(24-25)15-5-7-16(22)8-6-15/h2-10,12,18H,11,13H2,1H3. The Labute approximate surface area is 172 Å². The maximum atomic E-state index is 12.9. The molecule has 1 amide bonds. The third-order valence-electron chi connectivity index (χ3n) is 4.44. The second kappa shape index (κ2) is 8.20. The van der Waals surface area contributed by atoms with Gasteiger partial charge in [-0.25, -0.2) is 9.99 Å². The topological polar surface area (TPSA) is 58.7 Å². The van der Waals surface area contributed by atoms with Crippen LogP contribution in [-0.2, 0) is 4.79 Å². The van der Waals surface area contributed by atoms with Gasteiger partial charge in [0.25, 0.3) is 5.91 Å². The van der Waals surface area contributed by atoms with Crippen molar-refractivity contribution in [2.45, 2.75) is 24.4 Å². The van der Waals surface area contributed by atoms with Crippen LogP contribution in [0.3, 0.4) is 0 Å². The highest BCUT2D eigenvalue weighted by Crippen LogP contribution is 2.34. The molecular weight excluding hydrogens is 394 g/mol. The van der Waals surface area contributed by atoms with E-state index in [0.29, 0.717) is 11.4 Å². The molecular formula is C21H18ClN3O2S. The monoisotopic (exact) mass is 411 g/mol. The summed E-state index contributed by atoms with van der Waals surface area (Å²) in [5.74, 6) is 0.891. The highest BCUT2D eigenvalue weighted by atomic mass is 35.5. The molecule has 1 aliphatic heterocycles. The Morgan fingerprint density at radius 3 is 2.75 bits per heavy atom. The summed E-state index contributed by atoms with van der Waals surface area (Å²) in [6, 6.07) is 14.8. The molecule has 7 heteroatoms. The average molecular weight is 412 g/mol. The summed E-state index contributed by atoms with van der Waals surface area (Å²) in [7, 11) is 0. The molecule has 0 saturated carbocycles. The molecule has 0 spiro atoms. The maximum Gasteiger partial charge on any atom is 0.253 e. The van der Waals surface area contributed by atoms with Crippen molar-refractivity contribution < 1.29 is 9.21 Å². The first kappa shape index (κ1) is 18.8. The molecule has 0 fully saturated rings. The number of hydrazone groups is 1. The minimum Gasteiger partial charge on any atom is -0.467 e. The molecule has 3 aromatic rings. The molecule has 0 radical (unpaired) electrons. The average Bonchev–Trinajstić information content (AvgIpc) is 3.37. The molecule has 1 atom stereocenters. The lowest BCUT2D eigenvalue weighted by Gasteiger charge is -2.19. The van der Waals surface area contributed by atoms with Crippen LogP contribution in [0.15, 0.2) is 75.5 Å². The molecule has 0 aliphatic carbocycles. The number of carbonyl (C=O) groups is 1. The fraction of sp³-hybridized carbons (Fsp3) is 0.190. The van der Waals surface area contributed by atoms with Crippen molar-refractivity contribution >= 4 is 35.0 Å². The van der Waals surface area contributed by atoms with E-state index in [1.807, 2.05) is 55.5 Å². The zero-order valence-electron chi connectivity index (χ0n) is 15.2. The first-order chi connectivity index (χ1) is 13.6. The number of amides is 1. The van der Waals surface area contributed by atoms with Gasteiger partial charge in [-0.1, -0.05) is 41.6 Å². The van der Waals surface area contributed by atoms with Crippen LogP contribution in [0.5, 0.6) is 0 Å². The number of halogens is 1. The lowest BCUT2D eigenvalue weighted by Crippen LogP contribution is -2.28. The maximum absolute atomic E-state index is 12.9. The van der Waals surface area contributed by atoms with E-state index >= 15 is 0 Å². The number of benzene rings is 1. The Bertz CT molecular complexity index is 986. The van der Waals surface area contributed by atoms with Crippen LogP contribution in [0.25, 0.3) is 0 Å². The lowest BCUT2D eigenvalue weighted by atomic mass is 10.0. The van der Waals surface area contributed by atoms with Gasteiger partial charge < -0.3 is 4.42 Å². The smallest absolute Gasteiger partial charge is 0.253 e. The van der Waals surface area contributed by atoms with Crippen LogP contribution < -0.4 is 0 Å². The molecule has 0 bridgehead atoms. The second-order valence-corrected chi connectivity index (χ2v) is 7.92. The van der Waals surface area contributed by atoms with E-state index < -0.39 is 0 Å². The van der Waals surface area contributed by atoms with Gasteiger partial charge in [0.05, 0.1) is 22.8 Å². The van der Waals surface area contributed by atoms with Crippen molar-refractivity contribution in [2.75, 3.05) is 5.75 Å². The molecule has 0 N–H and O–H groups in total. The lowest BCUT2D eigenvalue weighted by molar-refractivity contribution is -0.130. The second-order valence-electron chi connectivity index (χ2n) is 6.49. The van der Waals surface area contributed by atoms with Gasteiger partial charge in [-0.15, -0.1) is 0 Å².